The van der Waals surface area contributed by atoms with Crippen LogP contribution >= 0.6 is 11.6 Å². The number of halogens is 1. The molecule has 0 atom stereocenters. The number of carbonyl (C=O) groups excluding carboxylic acids is 2. The molecule has 0 saturated carbocycles. The molecule has 22 heavy (non-hydrogen) atoms. The van der Waals surface area contributed by atoms with Gasteiger partial charge in [0.15, 0.2) is 6.61 Å². The number of ether oxygens (including phenoxy) is 2. The number of amides is 2. The lowest BCUT2D eigenvalue weighted by atomic mass is 10.2. The molecule has 3 rings (SSSR count). The fourth-order valence-electron chi connectivity index (χ4n) is 2.33. The first-order valence-corrected chi connectivity index (χ1v) is 7.37. The third-order valence-corrected chi connectivity index (χ3v) is 3.81. The molecule has 0 spiro atoms. The van der Waals surface area contributed by atoms with Crippen LogP contribution in [0.4, 0.5) is 11.4 Å². The van der Waals surface area contributed by atoms with E-state index in [4.69, 9.17) is 21.1 Å². The molecule has 0 unspecified atom stereocenters. The summed E-state index contributed by atoms with van der Waals surface area (Å²) in [6.07, 6.45) is 0. The molecule has 0 aromatic heterocycles. The highest BCUT2D eigenvalue weighted by molar-refractivity contribution is 6.33. The maximum absolute atomic E-state index is 12.1. The molecule has 0 bridgehead atoms. The highest BCUT2D eigenvalue weighted by Crippen LogP contribution is 2.36. The maximum atomic E-state index is 12.1. The average molecular weight is 326 g/mol. The number of morpholine rings is 1. The zero-order chi connectivity index (χ0) is 15.5. The molecule has 118 valence electrons. The zero-order valence-electron chi connectivity index (χ0n) is 11.9. The Kier molecular flexibility index (Phi) is 4.35. The molecule has 2 aliphatic rings. The largest absolute Gasteiger partial charge is 0.482 e. The Morgan fingerprint density at radius 2 is 2.14 bits per heavy atom. The number of rotatable bonds is 3. The van der Waals surface area contributed by atoms with Crippen LogP contribution in [0.1, 0.15) is 0 Å². The van der Waals surface area contributed by atoms with Gasteiger partial charge in [-0.25, -0.2) is 0 Å². The molecular weight excluding hydrogens is 310 g/mol. The van der Waals surface area contributed by atoms with Gasteiger partial charge in [-0.2, -0.15) is 0 Å². The van der Waals surface area contributed by atoms with Gasteiger partial charge in [-0.05, 0) is 6.07 Å². The van der Waals surface area contributed by atoms with Gasteiger partial charge in [0.05, 0.1) is 36.2 Å². The van der Waals surface area contributed by atoms with Gasteiger partial charge in [0.1, 0.15) is 5.75 Å². The van der Waals surface area contributed by atoms with Crippen molar-refractivity contribution in [1.82, 2.24) is 4.90 Å². The fourth-order valence-corrected chi connectivity index (χ4v) is 2.56. The van der Waals surface area contributed by atoms with Gasteiger partial charge in [-0.1, -0.05) is 11.6 Å². The van der Waals surface area contributed by atoms with Crippen LogP contribution in [0.5, 0.6) is 5.75 Å². The number of anilines is 2. The van der Waals surface area contributed by atoms with Gasteiger partial charge in [0.2, 0.25) is 5.91 Å². The summed E-state index contributed by atoms with van der Waals surface area (Å²) < 4.78 is 10.5. The molecule has 0 radical (unpaired) electrons. The molecule has 1 aromatic rings. The Morgan fingerprint density at radius 1 is 1.36 bits per heavy atom. The molecule has 2 heterocycles. The molecule has 1 aromatic carbocycles. The highest BCUT2D eigenvalue weighted by Gasteiger charge is 2.20. The third kappa shape index (κ3) is 3.26. The van der Waals surface area contributed by atoms with Crippen molar-refractivity contribution in [1.29, 1.82) is 0 Å². The zero-order valence-corrected chi connectivity index (χ0v) is 12.6. The number of benzene rings is 1. The molecule has 2 N–H and O–H groups in total. The first kappa shape index (κ1) is 14.9. The van der Waals surface area contributed by atoms with Gasteiger partial charge >= 0.3 is 0 Å². The van der Waals surface area contributed by atoms with E-state index in [0.717, 1.165) is 0 Å². The van der Waals surface area contributed by atoms with Crippen molar-refractivity contribution < 1.29 is 19.1 Å². The van der Waals surface area contributed by atoms with E-state index in [1.807, 2.05) is 0 Å². The maximum Gasteiger partial charge on any atom is 0.262 e. The molecule has 8 heteroatoms. The van der Waals surface area contributed by atoms with Crippen molar-refractivity contribution in [3.63, 3.8) is 0 Å². The average Bonchev–Trinajstić information content (AvgIpc) is 2.53. The van der Waals surface area contributed by atoms with Crippen molar-refractivity contribution in [2.75, 3.05) is 50.1 Å². The predicted octanol–water partition coefficient (Wildman–Crippen LogP) is 0.942. The minimum Gasteiger partial charge on any atom is -0.482 e. The molecule has 1 saturated heterocycles. The van der Waals surface area contributed by atoms with Gasteiger partial charge in [0, 0.05) is 19.2 Å². The van der Waals surface area contributed by atoms with Crippen molar-refractivity contribution in [3.8, 4) is 5.75 Å². The Labute approximate surface area is 132 Å². The number of hydrogen-bond donors (Lipinski definition) is 2. The smallest absolute Gasteiger partial charge is 0.262 e. The fraction of sp³-hybridized carbons (Fsp3) is 0.429. The Hall–Kier alpha value is -1.99. The Bertz CT molecular complexity index is 602. The second kappa shape index (κ2) is 6.41. The summed E-state index contributed by atoms with van der Waals surface area (Å²) in [4.78, 5) is 25.1. The van der Waals surface area contributed by atoms with Gasteiger partial charge in [0.25, 0.3) is 5.91 Å². The number of nitrogens with one attached hydrogen (secondary N) is 2. The predicted molar refractivity (Wildman–Crippen MR) is 81.5 cm³/mol. The van der Waals surface area contributed by atoms with Gasteiger partial charge in [-0.15, -0.1) is 0 Å². The first-order chi connectivity index (χ1) is 10.6. The molecule has 2 aliphatic heterocycles. The summed E-state index contributed by atoms with van der Waals surface area (Å²) in [6, 6.07) is 3.29. The van der Waals surface area contributed by atoms with Gasteiger partial charge in [-0.3, -0.25) is 9.59 Å². The first-order valence-electron chi connectivity index (χ1n) is 6.99. The van der Waals surface area contributed by atoms with E-state index in [2.05, 4.69) is 10.6 Å². The summed E-state index contributed by atoms with van der Waals surface area (Å²) in [7, 11) is 0. The van der Waals surface area contributed by atoms with E-state index in [1.54, 1.807) is 17.0 Å². The number of carbonyl (C=O) groups is 2. The van der Waals surface area contributed by atoms with E-state index in [0.29, 0.717) is 48.5 Å². The number of nitrogens with zero attached hydrogens (tertiary/aromatic N) is 1. The van der Waals surface area contributed by atoms with Crippen LogP contribution in [-0.4, -0.2) is 56.2 Å². The van der Waals surface area contributed by atoms with Crippen LogP contribution in [0.2, 0.25) is 5.02 Å². The van der Waals surface area contributed by atoms with Crippen LogP contribution in [0.25, 0.3) is 0 Å². The van der Waals surface area contributed by atoms with E-state index in [9.17, 15) is 9.59 Å². The molecule has 2 amide bonds. The molecule has 7 nitrogen and oxygen atoms in total. The van der Waals surface area contributed by atoms with Crippen LogP contribution in [0, 0.1) is 0 Å². The second-order valence-corrected chi connectivity index (χ2v) is 5.42. The van der Waals surface area contributed by atoms with Crippen molar-refractivity contribution >= 4 is 34.8 Å². The number of fused-ring (bicyclic) bond motifs is 1. The minimum atomic E-state index is -0.216. The van der Waals surface area contributed by atoms with Crippen LogP contribution in [-0.2, 0) is 14.3 Å². The molecular formula is C14H16ClN3O4. The normalized spacial score (nSPS) is 17.3. The highest BCUT2D eigenvalue weighted by atomic mass is 35.5. The lowest BCUT2D eigenvalue weighted by Crippen LogP contribution is -2.43. The Morgan fingerprint density at radius 3 is 2.91 bits per heavy atom. The van der Waals surface area contributed by atoms with Crippen LogP contribution in [0.3, 0.4) is 0 Å². The van der Waals surface area contributed by atoms with Crippen molar-refractivity contribution in [2.24, 2.45) is 0 Å². The quantitative estimate of drug-likeness (QED) is 0.864. The SMILES string of the molecule is O=C1COc2cc(NCC(=O)N3CCOCC3)c(Cl)cc2N1. The molecule has 0 aliphatic carbocycles. The lowest BCUT2D eigenvalue weighted by Gasteiger charge is -2.27. The van der Waals surface area contributed by atoms with Crippen molar-refractivity contribution in [2.45, 2.75) is 0 Å². The summed E-state index contributed by atoms with van der Waals surface area (Å²) in [5, 5.41) is 6.11. The monoisotopic (exact) mass is 325 g/mol. The van der Waals surface area contributed by atoms with E-state index in [-0.39, 0.29) is 25.0 Å². The lowest BCUT2D eigenvalue weighted by molar-refractivity contribution is -0.133. The summed E-state index contributed by atoms with van der Waals surface area (Å²) in [5.74, 6) is 0.309. The second-order valence-electron chi connectivity index (χ2n) is 5.01. The number of hydrogen-bond acceptors (Lipinski definition) is 5. The minimum absolute atomic E-state index is 0.00805. The van der Waals surface area contributed by atoms with E-state index < -0.39 is 0 Å². The van der Waals surface area contributed by atoms with E-state index >= 15 is 0 Å². The summed E-state index contributed by atoms with van der Waals surface area (Å²) >= 11 is 6.16. The van der Waals surface area contributed by atoms with Crippen LogP contribution < -0.4 is 15.4 Å². The standard InChI is InChI=1S/C14H16ClN3O4/c15-9-5-11-12(22-8-13(19)17-11)6-10(9)16-7-14(20)18-1-3-21-4-2-18/h5-6,16H,1-4,7-8H2,(H,17,19). The Balaban J connectivity index is 1.65. The van der Waals surface area contributed by atoms with E-state index in [1.165, 1.54) is 0 Å². The summed E-state index contributed by atoms with van der Waals surface area (Å²) in [6.45, 7) is 2.46. The van der Waals surface area contributed by atoms with Crippen LogP contribution in [0.15, 0.2) is 12.1 Å². The van der Waals surface area contributed by atoms with Crippen molar-refractivity contribution in [3.05, 3.63) is 17.2 Å². The topological polar surface area (TPSA) is 79.9 Å². The summed E-state index contributed by atoms with van der Waals surface area (Å²) in [5.41, 5.74) is 1.13. The third-order valence-electron chi connectivity index (χ3n) is 3.50. The molecule has 1 fully saturated rings. The van der Waals surface area contributed by atoms with Gasteiger partial charge < -0.3 is 25.0 Å².